The average molecular weight is 454 g/mol. The van der Waals surface area contributed by atoms with Gasteiger partial charge < -0.3 is 9.79 Å². The van der Waals surface area contributed by atoms with Gasteiger partial charge in [-0.1, -0.05) is 37.1 Å². The molecular formula is C20H40O7P2. The summed E-state index contributed by atoms with van der Waals surface area (Å²) in [7, 11) is -9.32. The predicted molar refractivity (Wildman–Crippen MR) is 118 cm³/mol. The fourth-order valence-corrected chi connectivity index (χ4v) is 4.70. The van der Waals surface area contributed by atoms with Gasteiger partial charge in [0.05, 0.1) is 13.2 Å². The molecule has 0 heterocycles. The largest absolute Gasteiger partial charge is 0.483 e. The summed E-state index contributed by atoms with van der Waals surface area (Å²) in [5.41, 5.74) is 2.52. The Balaban J connectivity index is 4.50. The lowest BCUT2D eigenvalue weighted by Crippen LogP contribution is -2.07. The van der Waals surface area contributed by atoms with E-state index in [1.807, 2.05) is 41.5 Å². The van der Waals surface area contributed by atoms with Crippen molar-refractivity contribution in [3.8, 4) is 0 Å². The minimum Gasteiger partial charge on any atom is -0.302 e. The summed E-state index contributed by atoms with van der Waals surface area (Å²) < 4.78 is 38.6. The van der Waals surface area contributed by atoms with E-state index in [0.29, 0.717) is 24.7 Å². The second-order valence-corrected chi connectivity index (χ2v) is 11.2. The smallest absolute Gasteiger partial charge is 0.302 e. The molecule has 0 aliphatic carbocycles. The average Bonchev–Trinajstić information content (AvgIpc) is 2.52. The summed E-state index contributed by atoms with van der Waals surface area (Å²) in [5.74, 6) is 0.619. The highest BCUT2D eigenvalue weighted by Crippen LogP contribution is 2.61. The van der Waals surface area contributed by atoms with Crippen molar-refractivity contribution >= 4 is 15.6 Å². The van der Waals surface area contributed by atoms with E-state index in [1.165, 1.54) is 11.1 Å². The van der Waals surface area contributed by atoms with Gasteiger partial charge in [-0.25, -0.2) is 9.13 Å². The molecule has 0 fully saturated rings. The molecule has 7 nitrogen and oxygen atoms in total. The van der Waals surface area contributed by atoms with Crippen LogP contribution in [0, 0.1) is 11.8 Å². The molecule has 2 atom stereocenters. The zero-order valence-corrected chi connectivity index (χ0v) is 20.6. The first kappa shape index (κ1) is 28.7. The van der Waals surface area contributed by atoms with Gasteiger partial charge in [-0.2, -0.15) is 4.31 Å². The van der Waals surface area contributed by atoms with Gasteiger partial charge >= 0.3 is 15.6 Å². The number of phosphoric acid groups is 2. The number of allylic oxidation sites excluding steroid dienone is 4. The molecule has 0 aliphatic rings. The maximum Gasteiger partial charge on any atom is 0.483 e. The Morgan fingerprint density at radius 1 is 0.793 bits per heavy atom. The third-order valence-electron chi connectivity index (χ3n) is 4.35. The summed E-state index contributed by atoms with van der Waals surface area (Å²) in [6.07, 6.45) is 9.27. The van der Waals surface area contributed by atoms with E-state index < -0.39 is 15.6 Å². The highest BCUT2D eigenvalue weighted by atomic mass is 31.3. The standard InChI is InChI=1S/C20H40O7P2/c1-17(2)9-7-11-19(5)13-15-25-29(24,27-28(21,22)23)26-16-14-20(6)12-8-10-18(3)4/h9-10,19-20H,7-8,11-16H2,1-6H3,(H2,21,22,23). The number of hydrogen-bond donors (Lipinski definition) is 2. The van der Waals surface area contributed by atoms with Crippen LogP contribution < -0.4 is 0 Å². The minimum absolute atomic E-state index is 0.0450. The quantitative estimate of drug-likeness (QED) is 0.196. The van der Waals surface area contributed by atoms with Crippen molar-refractivity contribution in [1.29, 1.82) is 0 Å². The third-order valence-corrected chi connectivity index (χ3v) is 7.00. The van der Waals surface area contributed by atoms with Gasteiger partial charge in [0.25, 0.3) is 0 Å². The van der Waals surface area contributed by atoms with E-state index in [4.69, 9.17) is 18.8 Å². The van der Waals surface area contributed by atoms with Crippen LogP contribution in [0.1, 0.15) is 80.1 Å². The molecule has 0 saturated heterocycles. The highest BCUT2D eigenvalue weighted by molar-refractivity contribution is 7.61. The van der Waals surface area contributed by atoms with Crippen molar-refractivity contribution in [3.05, 3.63) is 23.3 Å². The lowest BCUT2D eigenvalue weighted by Gasteiger charge is -2.20. The first-order valence-corrected chi connectivity index (χ1v) is 13.2. The Kier molecular flexibility index (Phi) is 14.6. The van der Waals surface area contributed by atoms with E-state index in [0.717, 1.165) is 25.7 Å². The molecule has 9 heteroatoms. The van der Waals surface area contributed by atoms with Crippen LogP contribution in [0.4, 0.5) is 0 Å². The molecule has 0 radical (unpaired) electrons. The fourth-order valence-electron chi connectivity index (χ4n) is 2.55. The van der Waals surface area contributed by atoms with Crippen molar-refractivity contribution in [1.82, 2.24) is 0 Å². The zero-order valence-electron chi connectivity index (χ0n) is 18.8. The van der Waals surface area contributed by atoms with Crippen LogP contribution in [0.5, 0.6) is 0 Å². The molecule has 2 unspecified atom stereocenters. The molecule has 0 bridgehead atoms. The van der Waals surface area contributed by atoms with E-state index in [1.54, 1.807) is 0 Å². The molecule has 2 N–H and O–H groups in total. The Bertz CT molecular complexity index is 564. The van der Waals surface area contributed by atoms with E-state index in [2.05, 4.69) is 16.5 Å². The lowest BCUT2D eigenvalue weighted by molar-refractivity contribution is 0.129. The molecule has 0 aliphatic heterocycles. The zero-order chi connectivity index (χ0) is 22.5. The third kappa shape index (κ3) is 18.2. The molecule has 0 aromatic carbocycles. The lowest BCUT2D eigenvalue weighted by atomic mass is 10.0. The van der Waals surface area contributed by atoms with Crippen LogP contribution in [-0.4, -0.2) is 23.0 Å². The molecule has 0 spiro atoms. The maximum atomic E-state index is 12.6. The summed E-state index contributed by atoms with van der Waals surface area (Å²) in [6.45, 7) is 12.4. The van der Waals surface area contributed by atoms with Crippen molar-refractivity contribution in [3.63, 3.8) is 0 Å². The second kappa shape index (κ2) is 14.7. The maximum absolute atomic E-state index is 12.6. The first-order chi connectivity index (χ1) is 13.3. The Morgan fingerprint density at radius 2 is 1.17 bits per heavy atom. The molecule has 29 heavy (non-hydrogen) atoms. The SMILES string of the molecule is CC(C)=CCCC(C)CCOP(=O)(OCCC(C)CCC=C(C)C)OP(=O)(O)O. The summed E-state index contributed by atoms with van der Waals surface area (Å²) >= 11 is 0. The number of phosphoric ester groups is 1. The number of hydrogen-bond acceptors (Lipinski definition) is 5. The van der Waals surface area contributed by atoms with E-state index in [-0.39, 0.29) is 13.2 Å². The van der Waals surface area contributed by atoms with Crippen molar-refractivity contribution in [2.24, 2.45) is 11.8 Å². The predicted octanol–water partition coefficient (Wildman–Crippen LogP) is 6.78. The van der Waals surface area contributed by atoms with Crippen LogP contribution in [0.25, 0.3) is 0 Å². The van der Waals surface area contributed by atoms with Gasteiger partial charge in [0.15, 0.2) is 0 Å². The van der Waals surface area contributed by atoms with Crippen LogP contribution >= 0.6 is 15.6 Å². The molecule has 0 rings (SSSR count). The van der Waals surface area contributed by atoms with E-state index >= 15 is 0 Å². The molecule has 0 saturated carbocycles. The summed E-state index contributed by atoms with van der Waals surface area (Å²) in [6, 6.07) is 0. The van der Waals surface area contributed by atoms with E-state index in [9.17, 15) is 9.13 Å². The fraction of sp³-hybridized carbons (Fsp3) is 0.800. The van der Waals surface area contributed by atoms with Crippen molar-refractivity contribution in [2.45, 2.75) is 80.1 Å². The van der Waals surface area contributed by atoms with Crippen LogP contribution in [0.15, 0.2) is 23.3 Å². The van der Waals surface area contributed by atoms with Gasteiger partial charge in [0.2, 0.25) is 0 Å². The van der Waals surface area contributed by atoms with Gasteiger partial charge in [-0.3, -0.25) is 9.05 Å². The van der Waals surface area contributed by atoms with Crippen LogP contribution in [0.2, 0.25) is 0 Å². The van der Waals surface area contributed by atoms with Crippen LogP contribution in [-0.2, 0) is 22.5 Å². The molecule has 0 aromatic heterocycles. The molecular weight excluding hydrogens is 414 g/mol. The van der Waals surface area contributed by atoms with Gasteiger partial charge in [-0.15, -0.1) is 0 Å². The first-order valence-electron chi connectivity index (χ1n) is 10.3. The van der Waals surface area contributed by atoms with Crippen molar-refractivity contribution < 1.29 is 32.3 Å². The Labute approximate surface area is 176 Å². The van der Waals surface area contributed by atoms with Crippen molar-refractivity contribution in [2.75, 3.05) is 13.2 Å². The molecule has 172 valence electrons. The Hall–Kier alpha value is -0.260. The monoisotopic (exact) mass is 454 g/mol. The number of rotatable bonds is 16. The topological polar surface area (TPSA) is 102 Å². The Morgan fingerprint density at radius 3 is 1.48 bits per heavy atom. The summed E-state index contributed by atoms with van der Waals surface area (Å²) in [5, 5.41) is 0. The minimum atomic E-state index is -5.00. The highest BCUT2D eigenvalue weighted by Gasteiger charge is 2.36. The summed E-state index contributed by atoms with van der Waals surface area (Å²) in [4.78, 5) is 18.1. The van der Waals surface area contributed by atoms with Gasteiger partial charge in [0, 0.05) is 0 Å². The van der Waals surface area contributed by atoms with Gasteiger partial charge in [-0.05, 0) is 78.1 Å². The second-order valence-electron chi connectivity index (χ2n) is 8.19. The van der Waals surface area contributed by atoms with Crippen LogP contribution in [0.3, 0.4) is 0 Å². The van der Waals surface area contributed by atoms with Gasteiger partial charge in [0.1, 0.15) is 0 Å². The molecule has 0 amide bonds. The normalized spacial score (nSPS) is 16.0. The molecule has 0 aromatic rings.